The average molecular weight is 317 g/mol. The molecular weight excluding hydrogens is 292 g/mol. The van der Waals surface area contributed by atoms with Crippen LogP contribution in [0.5, 0.6) is 0 Å². The van der Waals surface area contributed by atoms with E-state index in [4.69, 9.17) is 0 Å². The molecule has 0 bridgehead atoms. The second kappa shape index (κ2) is 5.87. The fourth-order valence-corrected chi connectivity index (χ4v) is 4.22. The van der Waals surface area contributed by atoms with Crippen molar-refractivity contribution in [3.63, 3.8) is 0 Å². The van der Waals surface area contributed by atoms with Crippen molar-refractivity contribution in [2.45, 2.75) is 37.9 Å². The van der Waals surface area contributed by atoms with Crippen LogP contribution in [0.2, 0.25) is 19.6 Å². The molecule has 1 aliphatic rings. The molecule has 23 heavy (non-hydrogen) atoms. The van der Waals surface area contributed by atoms with Crippen LogP contribution in [-0.4, -0.2) is 8.07 Å². The third kappa shape index (κ3) is 2.80. The van der Waals surface area contributed by atoms with Gasteiger partial charge in [-0.25, -0.2) is 0 Å². The maximum atomic E-state index is 4.03. The highest BCUT2D eigenvalue weighted by atomic mass is 28.3. The lowest BCUT2D eigenvalue weighted by atomic mass is 9.73. The zero-order valence-electron chi connectivity index (χ0n) is 14.3. The van der Waals surface area contributed by atoms with Gasteiger partial charge in [-0.15, -0.1) is 18.0 Å². The lowest BCUT2D eigenvalue weighted by Gasteiger charge is -2.29. The summed E-state index contributed by atoms with van der Waals surface area (Å²) in [6.45, 7) is 10.9. The number of hydrogen-bond donors (Lipinski definition) is 0. The molecule has 116 valence electrons. The second-order valence-electron chi connectivity index (χ2n) is 7.39. The molecule has 0 aliphatic heterocycles. The highest BCUT2D eigenvalue weighted by Gasteiger charge is 2.41. The molecular formula is C22H24Si. The Balaban J connectivity index is 2.18. The van der Waals surface area contributed by atoms with E-state index in [1.165, 1.54) is 22.3 Å². The monoisotopic (exact) mass is 316 g/mol. The summed E-state index contributed by atoms with van der Waals surface area (Å²) in [4.78, 5) is 0. The summed E-state index contributed by atoms with van der Waals surface area (Å²) in [5.41, 5.74) is 9.05. The minimum atomic E-state index is -1.36. The first-order valence-electron chi connectivity index (χ1n) is 8.28. The standard InChI is InChI=1S/C22H24Si/c1-5-15-22(16-10-17-23(2,3)4)20-13-8-6-11-18(20)19-12-7-9-14-21(19)22/h5-9,11-14H,1,15-16H2,2-4H3. The zero-order valence-corrected chi connectivity index (χ0v) is 15.3. The summed E-state index contributed by atoms with van der Waals surface area (Å²) in [6.07, 6.45) is 3.85. The quantitative estimate of drug-likeness (QED) is 0.381. The highest BCUT2D eigenvalue weighted by Crippen LogP contribution is 2.52. The molecule has 0 saturated heterocycles. The van der Waals surface area contributed by atoms with Gasteiger partial charge in [-0.05, 0) is 28.7 Å². The van der Waals surface area contributed by atoms with E-state index in [1.54, 1.807) is 0 Å². The first-order chi connectivity index (χ1) is 11.0. The minimum absolute atomic E-state index is 0.0401. The Morgan fingerprint density at radius 3 is 1.96 bits per heavy atom. The van der Waals surface area contributed by atoms with Crippen molar-refractivity contribution in [3.8, 4) is 22.6 Å². The molecule has 1 aliphatic carbocycles. The van der Waals surface area contributed by atoms with Gasteiger partial charge in [-0.3, -0.25) is 0 Å². The zero-order chi connectivity index (χ0) is 16.5. The fourth-order valence-electron chi connectivity index (χ4n) is 3.60. The maximum absolute atomic E-state index is 4.03. The van der Waals surface area contributed by atoms with Crippen LogP contribution in [0.25, 0.3) is 11.1 Å². The Morgan fingerprint density at radius 2 is 1.48 bits per heavy atom. The molecule has 0 unspecified atom stereocenters. The molecule has 0 saturated carbocycles. The summed E-state index contributed by atoms with van der Waals surface area (Å²) >= 11 is 0. The van der Waals surface area contributed by atoms with Crippen molar-refractivity contribution >= 4 is 8.07 Å². The molecule has 0 radical (unpaired) electrons. The smallest absolute Gasteiger partial charge is 0.129 e. The van der Waals surface area contributed by atoms with Gasteiger partial charge in [0, 0.05) is 11.8 Å². The maximum Gasteiger partial charge on any atom is 0.129 e. The summed E-state index contributed by atoms with van der Waals surface area (Å²) in [5.74, 6) is 3.54. The van der Waals surface area contributed by atoms with Crippen LogP contribution in [0.3, 0.4) is 0 Å². The Hall–Kier alpha value is -2.04. The predicted molar refractivity (Wildman–Crippen MR) is 103 cm³/mol. The second-order valence-corrected chi connectivity index (χ2v) is 12.1. The van der Waals surface area contributed by atoms with Gasteiger partial charge in [-0.2, -0.15) is 0 Å². The molecule has 2 aromatic carbocycles. The molecule has 0 fully saturated rings. The SMILES string of the molecule is C=CCC1(CC#C[Si](C)(C)C)c2ccccc2-c2ccccc21. The lowest BCUT2D eigenvalue weighted by Crippen LogP contribution is -2.24. The molecule has 0 N–H and O–H groups in total. The fraction of sp³-hybridized carbons (Fsp3) is 0.273. The largest absolute Gasteiger partial charge is 0.132 e. The van der Waals surface area contributed by atoms with Crippen LogP contribution in [-0.2, 0) is 5.41 Å². The Bertz CT molecular complexity index is 751. The summed E-state index contributed by atoms with van der Waals surface area (Å²) in [5, 5.41) is 0. The molecule has 3 rings (SSSR count). The number of benzene rings is 2. The van der Waals surface area contributed by atoms with Crippen LogP contribution in [0.1, 0.15) is 24.0 Å². The first-order valence-corrected chi connectivity index (χ1v) is 11.8. The summed E-state index contributed by atoms with van der Waals surface area (Å²) < 4.78 is 0. The number of rotatable bonds is 3. The minimum Gasteiger partial charge on any atom is -0.132 e. The third-order valence-corrected chi connectivity index (χ3v) is 5.45. The van der Waals surface area contributed by atoms with E-state index in [0.717, 1.165) is 12.8 Å². The number of hydrogen-bond acceptors (Lipinski definition) is 0. The van der Waals surface area contributed by atoms with E-state index in [0.29, 0.717) is 0 Å². The van der Waals surface area contributed by atoms with E-state index in [-0.39, 0.29) is 5.41 Å². The molecule has 0 aromatic heterocycles. The molecule has 1 heteroatoms. The Morgan fingerprint density at radius 1 is 0.957 bits per heavy atom. The van der Waals surface area contributed by atoms with Gasteiger partial charge < -0.3 is 0 Å². The molecule has 0 nitrogen and oxygen atoms in total. The third-order valence-electron chi connectivity index (χ3n) is 4.52. The van der Waals surface area contributed by atoms with Crippen LogP contribution in [0.15, 0.2) is 61.2 Å². The van der Waals surface area contributed by atoms with Crippen molar-refractivity contribution < 1.29 is 0 Å². The van der Waals surface area contributed by atoms with E-state index in [2.05, 4.69) is 92.3 Å². The van der Waals surface area contributed by atoms with Gasteiger partial charge in [0.2, 0.25) is 0 Å². The van der Waals surface area contributed by atoms with Crippen molar-refractivity contribution in [2.75, 3.05) is 0 Å². The topological polar surface area (TPSA) is 0 Å². The van der Waals surface area contributed by atoms with Crippen LogP contribution in [0, 0.1) is 11.5 Å². The Kier molecular flexibility index (Phi) is 4.04. The van der Waals surface area contributed by atoms with Crippen LogP contribution >= 0.6 is 0 Å². The van der Waals surface area contributed by atoms with E-state index < -0.39 is 8.07 Å². The van der Waals surface area contributed by atoms with Gasteiger partial charge in [0.25, 0.3) is 0 Å². The van der Waals surface area contributed by atoms with Crippen molar-refractivity contribution in [1.82, 2.24) is 0 Å². The lowest BCUT2D eigenvalue weighted by molar-refractivity contribution is 0.551. The van der Waals surface area contributed by atoms with E-state index in [1.807, 2.05) is 0 Å². The van der Waals surface area contributed by atoms with Crippen LogP contribution < -0.4 is 0 Å². The molecule has 0 amide bonds. The van der Waals surface area contributed by atoms with E-state index >= 15 is 0 Å². The number of allylic oxidation sites excluding steroid dienone is 1. The normalized spacial score (nSPS) is 14.4. The molecule has 0 heterocycles. The Labute approximate surface area is 141 Å². The highest BCUT2D eigenvalue weighted by molar-refractivity contribution is 6.83. The predicted octanol–water partition coefficient (Wildman–Crippen LogP) is 5.80. The number of fused-ring (bicyclic) bond motifs is 3. The van der Waals surface area contributed by atoms with E-state index in [9.17, 15) is 0 Å². The van der Waals surface area contributed by atoms with Gasteiger partial charge >= 0.3 is 0 Å². The van der Waals surface area contributed by atoms with Crippen molar-refractivity contribution in [1.29, 1.82) is 0 Å². The molecule has 0 atom stereocenters. The average Bonchev–Trinajstić information content (AvgIpc) is 2.79. The van der Waals surface area contributed by atoms with Gasteiger partial charge in [0.15, 0.2) is 0 Å². The van der Waals surface area contributed by atoms with Gasteiger partial charge in [0.1, 0.15) is 8.07 Å². The van der Waals surface area contributed by atoms with Crippen molar-refractivity contribution in [3.05, 3.63) is 72.3 Å². The van der Waals surface area contributed by atoms with Gasteiger partial charge in [-0.1, -0.05) is 74.2 Å². The molecule has 0 spiro atoms. The summed E-state index contributed by atoms with van der Waals surface area (Å²) in [6, 6.07) is 17.6. The van der Waals surface area contributed by atoms with Crippen LogP contribution in [0.4, 0.5) is 0 Å². The summed E-state index contributed by atoms with van der Waals surface area (Å²) in [7, 11) is -1.36. The van der Waals surface area contributed by atoms with Crippen molar-refractivity contribution in [2.24, 2.45) is 0 Å². The van der Waals surface area contributed by atoms with Gasteiger partial charge in [0.05, 0.1) is 0 Å². The first kappa shape index (κ1) is 15.8. The molecule has 2 aromatic rings.